The summed E-state index contributed by atoms with van der Waals surface area (Å²) in [6.45, 7) is 9.35. The molecule has 3 unspecified atom stereocenters. The number of rotatable bonds is 11. The lowest BCUT2D eigenvalue weighted by Gasteiger charge is -2.41. The second kappa shape index (κ2) is 10.5. The quantitative estimate of drug-likeness (QED) is 0.408. The topological polar surface area (TPSA) is 99.1 Å². The number of ether oxygens (including phenoxy) is 3. The summed E-state index contributed by atoms with van der Waals surface area (Å²) in [5.74, 6) is -1.53. The molecule has 178 valence electrons. The van der Waals surface area contributed by atoms with Crippen LogP contribution < -0.4 is 0 Å². The molecule has 0 aliphatic carbocycles. The van der Waals surface area contributed by atoms with Crippen LogP contribution >= 0.6 is 0 Å². The van der Waals surface area contributed by atoms with E-state index in [0.29, 0.717) is 19.3 Å². The summed E-state index contributed by atoms with van der Waals surface area (Å²) in [5.41, 5.74) is -1.37. The molecule has 1 fully saturated rings. The molecule has 3 atom stereocenters. The van der Waals surface area contributed by atoms with Gasteiger partial charge in [-0.2, -0.15) is 0 Å². The molecular weight excluding hydrogens is 412 g/mol. The van der Waals surface area contributed by atoms with Crippen molar-refractivity contribution in [1.29, 1.82) is 0 Å². The van der Waals surface area contributed by atoms with E-state index in [2.05, 4.69) is 13.8 Å². The summed E-state index contributed by atoms with van der Waals surface area (Å²) in [4.78, 5) is 38.1. The number of aliphatic hydroxyl groups excluding tert-OH is 1. The maximum atomic E-state index is 13.2. The van der Waals surface area contributed by atoms with Gasteiger partial charge in [0.15, 0.2) is 0 Å². The van der Waals surface area contributed by atoms with E-state index in [4.69, 9.17) is 19.3 Å². The molecule has 0 spiro atoms. The molecule has 7 heteroatoms. The SMILES string of the molecule is CCC(C)(CC(C)(CC(C)(C)c1ccccc1)C(=O)OCCO)C(=O)OC1CCOC1=O. The highest BCUT2D eigenvalue weighted by Crippen LogP contribution is 2.46. The first kappa shape index (κ1) is 25.8. The molecule has 1 saturated heterocycles. The van der Waals surface area contributed by atoms with Crippen LogP contribution in [0.4, 0.5) is 0 Å². The van der Waals surface area contributed by atoms with Crippen LogP contribution in [0.1, 0.15) is 65.9 Å². The predicted molar refractivity (Wildman–Crippen MR) is 119 cm³/mol. The Balaban J connectivity index is 2.32. The van der Waals surface area contributed by atoms with Gasteiger partial charge in [0.2, 0.25) is 6.10 Å². The van der Waals surface area contributed by atoms with Gasteiger partial charge in [-0.15, -0.1) is 0 Å². The van der Waals surface area contributed by atoms with Crippen molar-refractivity contribution in [3.05, 3.63) is 35.9 Å². The van der Waals surface area contributed by atoms with Gasteiger partial charge in [-0.25, -0.2) is 4.79 Å². The van der Waals surface area contributed by atoms with E-state index in [1.165, 1.54) is 0 Å². The van der Waals surface area contributed by atoms with Gasteiger partial charge in [-0.05, 0) is 44.1 Å². The van der Waals surface area contributed by atoms with E-state index in [9.17, 15) is 14.4 Å². The zero-order valence-electron chi connectivity index (χ0n) is 19.8. The third-order valence-electron chi connectivity index (χ3n) is 6.39. The van der Waals surface area contributed by atoms with E-state index in [1.807, 2.05) is 37.3 Å². The lowest BCUT2D eigenvalue weighted by molar-refractivity contribution is -0.173. The number of carbonyl (C=O) groups is 3. The molecule has 1 aromatic carbocycles. The second-order valence-electron chi connectivity index (χ2n) is 9.79. The Morgan fingerprint density at radius 3 is 2.25 bits per heavy atom. The lowest BCUT2D eigenvalue weighted by atomic mass is 9.63. The van der Waals surface area contributed by atoms with Crippen LogP contribution in [-0.2, 0) is 34.0 Å². The molecule has 0 bridgehead atoms. The average Bonchev–Trinajstić information content (AvgIpc) is 3.16. The smallest absolute Gasteiger partial charge is 0.347 e. The molecule has 1 aliphatic heterocycles. The van der Waals surface area contributed by atoms with Crippen LogP contribution in [0.5, 0.6) is 0 Å². The Bertz CT molecular complexity index is 804. The maximum Gasteiger partial charge on any atom is 0.347 e. The van der Waals surface area contributed by atoms with Gasteiger partial charge >= 0.3 is 17.9 Å². The van der Waals surface area contributed by atoms with E-state index in [-0.39, 0.29) is 31.7 Å². The van der Waals surface area contributed by atoms with Gasteiger partial charge in [-0.1, -0.05) is 51.1 Å². The highest BCUT2D eigenvalue weighted by molar-refractivity contribution is 5.84. The Morgan fingerprint density at radius 2 is 1.72 bits per heavy atom. The molecule has 32 heavy (non-hydrogen) atoms. The second-order valence-corrected chi connectivity index (χ2v) is 9.79. The monoisotopic (exact) mass is 448 g/mol. The zero-order chi connectivity index (χ0) is 24.0. The fourth-order valence-electron chi connectivity index (χ4n) is 4.54. The van der Waals surface area contributed by atoms with Crippen molar-refractivity contribution in [2.75, 3.05) is 19.8 Å². The van der Waals surface area contributed by atoms with Crippen LogP contribution in [0.2, 0.25) is 0 Å². The number of aliphatic hydroxyl groups is 1. The third kappa shape index (κ3) is 6.09. The first-order valence-corrected chi connectivity index (χ1v) is 11.2. The first-order chi connectivity index (χ1) is 15.0. The predicted octanol–water partition coefficient (Wildman–Crippen LogP) is 3.56. The van der Waals surface area contributed by atoms with Crippen molar-refractivity contribution in [2.45, 2.75) is 71.8 Å². The van der Waals surface area contributed by atoms with Crippen LogP contribution in [0, 0.1) is 10.8 Å². The third-order valence-corrected chi connectivity index (χ3v) is 6.39. The number of hydrogen-bond acceptors (Lipinski definition) is 7. The minimum atomic E-state index is -1.03. The van der Waals surface area contributed by atoms with E-state index in [1.54, 1.807) is 13.8 Å². The Labute approximate surface area is 190 Å². The number of benzene rings is 1. The van der Waals surface area contributed by atoms with Gasteiger partial charge in [0, 0.05) is 6.42 Å². The normalized spacial score (nSPS) is 20.1. The highest BCUT2D eigenvalue weighted by atomic mass is 16.6. The molecule has 1 aliphatic rings. The molecule has 0 amide bonds. The first-order valence-electron chi connectivity index (χ1n) is 11.2. The Kier molecular flexibility index (Phi) is 8.46. The summed E-state index contributed by atoms with van der Waals surface area (Å²) < 4.78 is 15.7. The van der Waals surface area contributed by atoms with Gasteiger partial charge in [0.05, 0.1) is 24.0 Å². The molecule has 2 rings (SSSR count). The van der Waals surface area contributed by atoms with E-state index in [0.717, 1.165) is 5.56 Å². The van der Waals surface area contributed by atoms with Crippen LogP contribution in [-0.4, -0.2) is 48.9 Å². The zero-order valence-corrected chi connectivity index (χ0v) is 19.8. The highest BCUT2D eigenvalue weighted by Gasteiger charge is 2.49. The summed E-state index contributed by atoms with van der Waals surface area (Å²) in [5, 5.41) is 9.15. The molecule has 1 heterocycles. The van der Waals surface area contributed by atoms with Gasteiger partial charge in [0.25, 0.3) is 0 Å². The molecule has 0 saturated carbocycles. The molecule has 0 aromatic heterocycles. The largest absolute Gasteiger partial charge is 0.463 e. The molecule has 1 aromatic rings. The number of esters is 3. The minimum Gasteiger partial charge on any atom is -0.463 e. The van der Waals surface area contributed by atoms with Gasteiger partial charge in [-0.3, -0.25) is 9.59 Å². The molecule has 7 nitrogen and oxygen atoms in total. The van der Waals surface area contributed by atoms with Crippen molar-refractivity contribution >= 4 is 17.9 Å². The summed E-state index contributed by atoms with van der Waals surface area (Å²) in [7, 11) is 0. The van der Waals surface area contributed by atoms with Crippen molar-refractivity contribution in [3.63, 3.8) is 0 Å². The van der Waals surface area contributed by atoms with Crippen LogP contribution in [0.15, 0.2) is 30.3 Å². The number of carbonyl (C=O) groups excluding carboxylic acids is 3. The van der Waals surface area contributed by atoms with Gasteiger partial charge in [0.1, 0.15) is 6.61 Å². The fourth-order valence-corrected chi connectivity index (χ4v) is 4.54. The number of cyclic esters (lactones) is 1. The average molecular weight is 449 g/mol. The fraction of sp³-hybridized carbons (Fsp3) is 0.640. The van der Waals surface area contributed by atoms with Crippen molar-refractivity contribution in [1.82, 2.24) is 0 Å². The standard InChI is InChI=1S/C25H36O7/c1-6-24(4,22(29)32-19-12-14-30-20(19)27)17-25(5,21(28)31-15-13-26)16-23(2,3)18-10-8-7-9-11-18/h7-11,19,26H,6,12-17H2,1-5H3. The summed E-state index contributed by atoms with van der Waals surface area (Å²) in [6, 6.07) is 9.86. The summed E-state index contributed by atoms with van der Waals surface area (Å²) >= 11 is 0. The van der Waals surface area contributed by atoms with Crippen molar-refractivity contribution in [3.8, 4) is 0 Å². The van der Waals surface area contributed by atoms with E-state index < -0.39 is 34.8 Å². The summed E-state index contributed by atoms with van der Waals surface area (Å²) in [6.07, 6.45) is 0.450. The molecular formula is C25H36O7. The van der Waals surface area contributed by atoms with Crippen molar-refractivity contribution < 1.29 is 33.7 Å². The molecule has 1 N–H and O–H groups in total. The van der Waals surface area contributed by atoms with E-state index >= 15 is 0 Å². The number of hydrogen-bond donors (Lipinski definition) is 1. The Morgan fingerprint density at radius 1 is 1.06 bits per heavy atom. The van der Waals surface area contributed by atoms with Crippen LogP contribution in [0.3, 0.4) is 0 Å². The molecule has 0 radical (unpaired) electrons. The van der Waals surface area contributed by atoms with Crippen LogP contribution in [0.25, 0.3) is 0 Å². The van der Waals surface area contributed by atoms with Crippen molar-refractivity contribution in [2.24, 2.45) is 10.8 Å². The van der Waals surface area contributed by atoms with Gasteiger partial charge < -0.3 is 19.3 Å². The lowest BCUT2D eigenvalue weighted by Crippen LogP contribution is -2.44. The maximum absolute atomic E-state index is 13.2. The Hall–Kier alpha value is -2.41. The minimum absolute atomic E-state index is 0.110.